The van der Waals surface area contributed by atoms with Crippen LogP contribution < -0.4 is 14.2 Å². The van der Waals surface area contributed by atoms with Crippen molar-refractivity contribution in [3.8, 4) is 34.5 Å². The number of aromatic nitrogens is 2. The molecule has 0 spiro atoms. The number of para-hydroxylation sites is 2. The molecule has 0 saturated carbocycles. The standard InChI is InChI=1S/C19H16N2O3S/c1-22-14-8-4-3-7-12(14)17-20-18-13(19(25)21-17)10-11-6-5-9-15(23-2)16(11)24-18/h3-9H,10H2,1-2H3,(H,20,21,25). The van der Waals surface area contributed by atoms with E-state index in [0.717, 1.165) is 22.4 Å². The Hall–Kier alpha value is -2.86. The maximum absolute atomic E-state index is 6.09. The number of aromatic amines is 1. The molecule has 0 saturated heterocycles. The molecular weight excluding hydrogens is 336 g/mol. The van der Waals surface area contributed by atoms with Crippen LogP contribution in [0.3, 0.4) is 0 Å². The summed E-state index contributed by atoms with van der Waals surface area (Å²) < 4.78 is 17.4. The summed E-state index contributed by atoms with van der Waals surface area (Å²) >= 11 is 5.51. The zero-order valence-electron chi connectivity index (χ0n) is 13.8. The predicted octanol–water partition coefficient (Wildman–Crippen LogP) is 4.52. The smallest absolute Gasteiger partial charge is 0.205 e. The highest BCUT2D eigenvalue weighted by Gasteiger charge is 2.23. The summed E-state index contributed by atoms with van der Waals surface area (Å²) in [4.78, 5) is 7.80. The van der Waals surface area contributed by atoms with Gasteiger partial charge < -0.3 is 19.2 Å². The Kier molecular flexibility index (Phi) is 3.89. The first-order valence-corrected chi connectivity index (χ1v) is 8.22. The van der Waals surface area contributed by atoms with Crippen LogP contribution in [0.1, 0.15) is 11.1 Å². The monoisotopic (exact) mass is 352 g/mol. The topological polar surface area (TPSA) is 56.4 Å². The molecule has 2 aromatic carbocycles. The molecule has 0 amide bonds. The maximum Gasteiger partial charge on any atom is 0.205 e. The Morgan fingerprint density at radius 3 is 2.60 bits per heavy atom. The number of nitrogens with zero attached hydrogens (tertiary/aromatic N) is 1. The zero-order valence-corrected chi connectivity index (χ0v) is 14.6. The summed E-state index contributed by atoms with van der Waals surface area (Å²) in [6, 6.07) is 13.5. The Morgan fingerprint density at radius 1 is 1.04 bits per heavy atom. The molecule has 4 rings (SSSR count). The number of H-pyrrole nitrogens is 1. The van der Waals surface area contributed by atoms with Gasteiger partial charge >= 0.3 is 0 Å². The largest absolute Gasteiger partial charge is 0.496 e. The fourth-order valence-electron chi connectivity index (χ4n) is 2.96. The minimum atomic E-state index is 0.517. The lowest BCUT2D eigenvalue weighted by atomic mass is 10.0. The van der Waals surface area contributed by atoms with Crippen molar-refractivity contribution >= 4 is 12.2 Å². The molecular formula is C19H16N2O3S. The molecule has 0 aliphatic carbocycles. The van der Waals surface area contributed by atoms with Crippen LogP contribution in [0, 0.1) is 4.64 Å². The van der Waals surface area contributed by atoms with Crippen molar-refractivity contribution < 1.29 is 14.2 Å². The number of rotatable bonds is 3. The lowest BCUT2D eigenvalue weighted by Crippen LogP contribution is -2.09. The Bertz CT molecular complexity index is 1010. The number of ether oxygens (including phenoxy) is 3. The predicted molar refractivity (Wildman–Crippen MR) is 97.3 cm³/mol. The van der Waals surface area contributed by atoms with Gasteiger partial charge in [-0.2, -0.15) is 0 Å². The van der Waals surface area contributed by atoms with Gasteiger partial charge in [0.25, 0.3) is 0 Å². The number of benzene rings is 2. The molecule has 126 valence electrons. The first kappa shape index (κ1) is 15.7. The van der Waals surface area contributed by atoms with Crippen molar-refractivity contribution in [3.05, 3.63) is 58.2 Å². The molecule has 0 unspecified atom stereocenters. The molecule has 0 radical (unpaired) electrons. The second kappa shape index (κ2) is 6.22. The van der Waals surface area contributed by atoms with Crippen LogP contribution >= 0.6 is 12.2 Å². The average Bonchev–Trinajstić information content (AvgIpc) is 2.66. The molecule has 0 fully saturated rings. The molecule has 3 aromatic rings. The van der Waals surface area contributed by atoms with Gasteiger partial charge in [-0.05, 0) is 18.2 Å². The molecule has 0 bridgehead atoms. The van der Waals surface area contributed by atoms with Gasteiger partial charge in [0.1, 0.15) is 16.2 Å². The molecule has 0 atom stereocenters. The van der Waals surface area contributed by atoms with E-state index in [2.05, 4.69) is 9.97 Å². The van der Waals surface area contributed by atoms with E-state index >= 15 is 0 Å². The molecule has 2 heterocycles. The van der Waals surface area contributed by atoms with Gasteiger partial charge in [0.2, 0.25) is 5.88 Å². The van der Waals surface area contributed by atoms with E-state index in [4.69, 9.17) is 26.4 Å². The summed E-state index contributed by atoms with van der Waals surface area (Å²) in [6.45, 7) is 0. The van der Waals surface area contributed by atoms with E-state index in [-0.39, 0.29) is 0 Å². The normalized spacial score (nSPS) is 11.9. The molecule has 5 nitrogen and oxygen atoms in total. The Balaban J connectivity index is 1.85. The minimum absolute atomic E-state index is 0.517. The highest BCUT2D eigenvalue weighted by molar-refractivity contribution is 7.71. The lowest BCUT2D eigenvalue weighted by molar-refractivity contribution is 0.365. The third-order valence-corrected chi connectivity index (χ3v) is 4.53. The van der Waals surface area contributed by atoms with Crippen molar-refractivity contribution in [2.45, 2.75) is 6.42 Å². The maximum atomic E-state index is 6.09. The fraction of sp³-hybridized carbons (Fsp3) is 0.158. The van der Waals surface area contributed by atoms with Gasteiger partial charge in [-0.25, -0.2) is 4.98 Å². The summed E-state index contributed by atoms with van der Waals surface area (Å²) in [5.41, 5.74) is 2.72. The molecule has 6 heteroatoms. The van der Waals surface area contributed by atoms with E-state index in [1.54, 1.807) is 14.2 Å². The SMILES string of the molecule is COc1ccccc1-c1nc(=S)c2c([nH]1)Oc1c(cccc1OC)C2. The van der Waals surface area contributed by atoms with E-state index in [1.165, 1.54) is 0 Å². The zero-order chi connectivity index (χ0) is 17.4. The lowest BCUT2D eigenvalue weighted by Gasteiger charge is -2.22. The van der Waals surface area contributed by atoms with E-state index in [0.29, 0.717) is 34.3 Å². The molecule has 1 aliphatic heterocycles. The van der Waals surface area contributed by atoms with Crippen molar-refractivity contribution in [1.29, 1.82) is 0 Å². The highest BCUT2D eigenvalue weighted by atomic mass is 32.1. The van der Waals surface area contributed by atoms with Crippen LogP contribution in [0.4, 0.5) is 0 Å². The number of hydrogen-bond acceptors (Lipinski definition) is 5. The Morgan fingerprint density at radius 2 is 1.80 bits per heavy atom. The third kappa shape index (κ3) is 2.64. The second-order valence-electron chi connectivity index (χ2n) is 5.63. The summed E-state index contributed by atoms with van der Waals surface area (Å²) in [5.74, 6) is 3.32. The van der Waals surface area contributed by atoms with Crippen LogP contribution in [-0.2, 0) is 6.42 Å². The van der Waals surface area contributed by atoms with Crippen LogP contribution in [0.15, 0.2) is 42.5 Å². The minimum Gasteiger partial charge on any atom is -0.496 e. The van der Waals surface area contributed by atoms with Crippen molar-refractivity contribution in [2.75, 3.05) is 14.2 Å². The van der Waals surface area contributed by atoms with Crippen molar-refractivity contribution in [3.63, 3.8) is 0 Å². The number of methoxy groups -OCH3 is 2. The molecule has 1 N–H and O–H groups in total. The molecule has 25 heavy (non-hydrogen) atoms. The van der Waals surface area contributed by atoms with Gasteiger partial charge in [-0.3, -0.25) is 0 Å². The summed E-state index contributed by atoms with van der Waals surface area (Å²) in [6.07, 6.45) is 0.649. The molecule has 1 aliphatic rings. The number of fused-ring (bicyclic) bond motifs is 2. The molecule has 1 aromatic heterocycles. The summed E-state index contributed by atoms with van der Waals surface area (Å²) in [7, 11) is 3.26. The van der Waals surface area contributed by atoms with Gasteiger partial charge in [0.05, 0.1) is 25.3 Å². The second-order valence-corrected chi connectivity index (χ2v) is 6.01. The van der Waals surface area contributed by atoms with Crippen molar-refractivity contribution in [1.82, 2.24) is 9.97 Å². The van der Waals surface area contributed by atoms with E-state index < -0.39 is 0 Å². The van der Waals surface area contributed by atoms with Crippen LogP contribution in [0.5, 0.6) is 23.1 Å². The first-order valence-electron chi connectivity index (χ1n) is 7.81. The van der Waals surface area contributed by atoms with Crippen LogP contribution in [0.2, 0.25) is 0 Å². The fourth-order valence-corrected chi connectivity index (χ4v) is 3.21. The Labute approximate surface area is 150 Å². The summed E-state index contributed by atoms with van der Waals surface area (Å²) in [5, 5.41) is 0. The highest BCUT2D eigenvalue weighted by Crippen LogP contribution is 2.42. The number of nitrogens with one attached hydrogen (secondary N) is 1. The van der Waals surface area contributed by atoms with Gasteiger partial charge in [-0.1, -0.05) is 36.5 Å². The van der Waals surface area contributed by atoms with Gasteiger partial charge in [0.15, 0.2) is 11.5 Å². The van der Waals surface area contributed by atoms with Gasteiger partial charge in [0, 0.05) is 12.0 Å². The van der Waals surface area contributed by atoms with Gasteiger partial charge in [-0.15, -0.1) is 0 Å². The van der Waals surface area contributed by atoms with E-state index in [1.807, 2.05) is 42.5 Å². The van der Waals surface area contributed by atoms with E-state index in [9.17, 15) is 0 Å². The quantitative estimate of drug-likeness (QED) is 0.549. The first-order chi connectivity index (χ1) is 12.2. The van der Waals surface area contributed by atoms with Crippen LogP contribution in [-0.4, -0.2) is 24.2 Å². The van der Waals surface area contributed by atoms with Crippen LogP contribution in [0.25, 0.3) is 11.4 Å². The van der Waals surface area contributed by atoms with Crippen molar-refractivity contribution in [2.24, 2.45) is 0 Å². The third-order valence-electron chi connectivity index (χ3n) is 4.19. The number of hydrogen-bond donors (Lipinski definition) is 1. The average molecular weight is 352 g/mol.